The van der Waals surface area contributed by atoms with Gasteiger partial charge in [-0.15, -0.1) is 11.3 Å². The summed E-state index contributed by atoms with van der Waals surface area (Å²) in [4.78, 5) is 1.03. The van der Waals surface area contributed by atoms with Crippen LogP contribution in [-0.4, -0.2) is 26.7 Å². The maximum Gasteiger partial charge on any atom is 0.273 e. The standard InChI is InChI=1S/C14H17NO3S2/c1-2-13-8-9-14(19-13)20(17,18)15(10-11-16)12-6-4-3-5-7-12/h3-9,16H,2,10-11H2,1H3. The Bertz CT molecular complexity index is 650. The Hall–Kier alpha value is -1.37. The highest BCUT2D eigenvalue weighted by Crippen LogP contribution is 2.28. The fraction of sp³-hybridized carbons (Fsp3) is 0.286. The fourth-order valence-corrected chi connectivity index (χ4v) is 4.73. The molecule has 2 rings (SSSR count). The topological polar surface area (TPSA) is 57.6 Å². The second-order valence-electron chi connectivity index (χ2n) is 4.21. The SMILES string of the molecule is CCc1ccc(S(=O)(=O)N(CCO)c2ccccc2)s1. The van der Waals surface area contributed by atoms with Gasteiger partial charge in [-0.1, -0.05) is 25.1 Å². The van der Waals surface area contributed by atoms with Crippen molar-refractivity contribution in [2.75, 3.05) is 17.5 Å². The van der Waals surface area contributed by atoms with E-state index in [-0.39, 0.29) is 13.2 Å². The summed E-state index contributed by atoms with van der Waals surface area (Å²) in [5.41, 5.74) is 0.563. The molecule has 0 unspecified atom stereocenters. The van der Waals surface area contributed by atoms with Crippen LogP contribution in [-0.2, 0) is 16.4 Å². The highest BCUT2D eigenvalue weighted by atomic mass is 32.2. The number of anilines is 1. The zero-order chi connectivity index (χ0) is 14.6. The van der Waals surface area contributed by atoms with Crippen molar-refractivity contribution < 1.29 is 13.5 Å². The van der Waals surface area contributed by atoms with Crippen LogP contribution >= 0.6 is 11.3 Å². The zero-order valence-electron chi connectivity index (χ0n) is 11.2. The Balaban J connectivity index is 2.42. The van der Waals surface area contributed by atoms with Gasteiger partial charge < -0.3 is 5.11 Å². The third-order valence-electron chi connectivity index (χ3n) is 2.88. The summed E-state index contributed by atoms with van der Waals surface area (Å²) in [7, 11) is -3.61. The van der Waals surface area contributed by atoms with Crippen molar-refractivity contribution in [2.45, 2.75) is 17.6 Å². The van der Waals surface area contributed by atoms with Crippen LogP contribution in [0.5, 0.6) is 0 Å². The van der Waals surface area contributed by atoms with Crippen molar-refractivity contribution in [2.24, 2.45) is 0 Å². The number of aryl methyl sites for hydroxylation is 1. The molecule has 0 aliphatic heterocycles. The molecule has 20 heavy (non-hydrogen) atoms. The van der Waals surface area contributed by atoms with E-state index in [2.05, 4.69) is 0 Å². The highest BCUT2D eigenvalue weighted by molar-refractivity contribution is 7.94. The van der Waals surface area contributed by atoms with Gasteiger partial charge in [-0.05, 0) is 30.7 Å². The van der Waals surface area contributed by atoms with Crippen molar-refractivity contribution in [3.63, 3.8) is 0 Å². The molecule has 0 aliphatic rings. The maximum absolute atomic E-state index is 12.7. The first-order chi connectivity index (χ1) is 9.59. The summed E-state index contributed by atoms with van der Waals surface area (Å²) in [6.45, 7) is 1.82. The fourth-order valence-electron chi connectivity index (χ4n) is 1.87. The minimum Gasteiger partial charge on any atom is -0.394 e. The lowest BCUT2D eigenvalue weighted by Gasteiger charge is -2.22. The summed E-state index contributed by atoms with van der Waals surface area (Å²) in [5, 5.41) is 9.16. The van der Waals surface area contributed by atoms with Crippen LogP contribution in [0.15, 0.2) is 46.7 Å². The molecule has 0 saturated heterocycles. The molecule has 2 aromatic rings. The smallest absolute Gasteiger partial charge is 0.273 e. The van der Waals surface area contributed by atoms with Gasteiger partial charge in [-0.2, -0.15) is 0 Å². The molecule has 1 N–H and O–H groups in total. The molecule has 6 heteroatoms. The molecular formula is C14H17NO3S2. The number of sulfonamides is 1. The predicted octanol–water partition coefficient (Wildman–Crippen LogP) is 2.50. The molecule has 4 nitrogen and oxygen atoms in total. The average molecular weight is 311 g/mol. The number of aliphatic hydroxyl groups excluding tert-OH is 1. The normalized spacial score (nSPS) is 11.5. The van der Waals surface area contributed by atoms with E-state index >= 15 is 0 Å². The lowest BCUT2D eigenvalue weighted by molar-refractivity contribution is 0.306. The van der Waals surface area contributed by atoms with E-state index in [1.54, 1.807) is 30.3 Å². The monoisotopic (exact) mass is 311 g/mol. The van der Waals surface area contributed by atoms with E-state index in [0.29, 0.717) is 9.90 Å². The third-order valence-corrected chi connectivity index (χ3v) is 6.40. The van der Waals surface area contributed by atoms with Crippen molar-refractivity contribution in [3.8, 4) is 0 Å². The third kappa shape index (κ3) is 3.03. The molecule has 0 atom stereocenters. The van der Waals surface area contributed by atoms with E-state index in [9.17, 15) is 8.42 Å². The first-order valence-electron chi connectivity index (χ1n) is 6.37. The first kappa shape index (κ1) is 15.0. The molecule has 1 aromatic heterocycles. The van der Waals surface area contributed by atoms with Gasteiger partial charge in [0.25, 0.3) is 10.0 Å². The molecule has 0 amide bonds. The van der Waals surface area contributed by atoms with E-state index in [1.165, 1.54) is 15.6 Å². The van der Waals surface area contributed by atoms with Gasteiger partial charge in [0.2, 0.25) is 0 Å². The number of thiophene rings is 1. The second kappa shape index (κ2) is 6.39. The van der Waals surface area contributed by atoms with Crippen molar-refractivity contribution in [1.29, 1.82) is 0 Å². The minimum absolute atomic E-state index is 0.0473. The Morgan fingerprint density at radius 1 is 1.15 bits per heavy atom. The Kier molecular flexibility index (Phi) is 4.80. The van der Waals surface area contributed by atoms with Gasteiger partial charge in [0.15, 0.2) is 0 Å². The molecule has 0 fully saturated rings. The maximum atomic E-state index is 12.7. The largest absolute Gasteiger partial charge is 0.394 e. The lowest BCUT2D eigenvalue weighted by Crippen LogP contribution is -2.33. The van der Waals surface area contributed by atoms with E-state index in [4.69, 9.17) is 5.11 Å². The van der Waals surface area contributed by atoms with E-state index in [1.807, 2.05) is 19.1 Å². The predicted molar refractivity (Wildman–Crippen MR) is 81.8 cm³/mol. The van der Waals surface area contributed by atoms with Gasteiger partial charge in [-0.3, -0.25) is 4.31 Å². The minimum atomic E-state index is -3.61. The number of hydrogen-bond acceptors (Lipinski definition) is 4. The second-order valence-corrected chi connectivity index (χ2v) is 7.47. The van der Waals surface area contributed by atoms with Gasteiger partial charge >= 0.3 is 0 Å². The first-order valence-corrected chi connectivity index (χ1v) is 8.62. The molecule has 0 bridgehead atoms. The molecule has 1 aromatic carbocycles. The Morgan fingerprint density at radius 2 is 1.85 bits per heavy atom. The lowest BCUT2D eigenvalue weighted by atomic mass is 10.3. The number of para-hydroxylation sites is 1. The van der Waals surface area contributed by atoms with Gasteiger partial charge in [0.05, 0.1) is 18.8 Å². The number of rotatable bonds is 6. The zero-order valence-corrected chi connectivity index (χ0v) is 12.8. The number of benzene rings is 1. The van der Waals surface area contributed by atoms with Crippen LogP contribution in [0.1, 0.15) is 11.8 Å². The Morgan fingerprint density at radius 3 is 2.40 bits per heavy atom. The molecule has 1 heterocycles. The summed E-state index contributed by atoms with van der Waals surface area (Å²) in [5.74, 6) is 0. The quantitative estimate of drug-likeness (QED) is 0.892. The van der Waals surface area contributed by atoms with Crippen LogP contribution < -0.4 is 4.31 Å². The molecule has 0 radical (unpaired) electrons. The van der Waals surface area contributed by atoms with Gasteiger partial charge in [0, 0.05) is 4.88 Å². The molecule has 0 spiro atoms. The molecule has 108 valence electrons. The van der Waals surface area contributed by atoms with Crippen molar-refractivity contribution >= 4 is 27.0 Å². The number of nitrogens with zero attached hydrogens (tertiary/aromatic N) is 1. The van der Waals surface area contributed by atoms with Crippen LogP contribution in [0.3, 0.4) is 0 Å². The highest BCUT2D eigenvalue weighted by Gasteiger charge is 2.25. The number of hydrogen-bond donors (Lipinski definition) is 1. The average Bonchev–Trinajstić information content (AvgIpc) is 2.95. The van der Waals surface area contributed by atoms with Crippen molar-refractivity contribution in [1.82, 2.24) is 0 Å². The molecular weight excluding hydrogens is 294 g/mol. The summed E-state index contributed by atoms with van der Waals surface area (Å²) in [6, 6.07) is 12.3. The summed E-state index contributed by atoms with van der Waals surface area (Å²) >= 11 is 1.28. The van der Waals surface area contributed by atoms with Gasteiger partial charge in [-0.25, -0.2) is 8.42 Å². The van der Waals surface area contributed by atoms with Crippen LogP contribution in [0.4, 0.5) is 5.69 Å². The molecule has 0 aliphatic carbocycles. The molecule has 0 saturated carbocycles. The van der Waals surface area contributed by atoms with E-state index < -0.39 is 10.0 Å². The van der Waals surface area contributed by atoms with Crippen LogP contribution in [0.2, 0.25) is 0 Å². The van der Waals surface area contributed by atoms with Crippen LogP contribution in [0, 0.1) is 0 Å². The van der Waals surface area contributed by atoms with E-state index in [0.717, 1.165) is 11.3 Å². The van der Waals surface area contributed by atoms with Crippen molar-refractivity contribution in [3.05, 3.63) is 47.3 Å². The number of aliphatic hydroxyl groups is 1. The summed E-state index contributed by atoms with van der Waals surface area (Å²) in [6.07, 6.45) is 0.811. The summed E-state index contributed by atoms with van der Waals surface area (Å²) < 4.78 is 26.9. The Labute approximate surface area is 123 Å². The van der Waals surface area contributed by atoms with Crippen LogP contribution in [0.25, 0.3) is 0 Å². The van der Waals surface area contributed by atoms with Gasteiger partial charge in [0.1, 0.15) is 4.21 Å².